The predicted molar refractivity (Wildman–Crippen MR) is 76.2 cm³/mol. The fourth-order valence-corrected chi connectivity index (χ4v) is 2.52. The Labute approximate surface area is 128 Å². The highest BCUT2D eigenvalue weighted by Crippen LogP contribution is 2.33. The fourth-order valence-electron chi connectivity index (χ4n) is 1.47. The summed E-state index contributed by atoms with van der Waals surface area (Å²) in [5.74, 6) is 0. The number of benzene rings is 2. The molecular weight excluding hydrogens is 330 g/mol. The normalized spacial score (nSPS) is 11.4. The van der Waals surface area contributed by atoms with Gasteiger partial charge in [-0.15, -0.1) is 0 Å². The lowest BCUT2D eigenvalue weighted by Crippen LogP contribution is -2.03. The van der Waals surface area contributed by atoms with Crippen LogP contribution in [0.15, 0.2) is 58.3 Å². The average Bonchev–Trinajstić information content (AvgIpc) is 2.39. The molecule has 0 aromatic heterocycles. The number of nitrogens with zero attached hydrogens (tertiary/aromatic N) is 1. The van der Waals surface area contributed by atoms with Gasteiger partial charge in [0.15, 0.2) is 0 Å². The van der Waals surface area contributed by atoms with Crippen molar-refractivity contribution in [1.29, 1.82) is 0 Å². The SMILES string of the molecule is FC(F)(F)c1ccc(Sc2ccc(N(Cl)Cl)cc2)cc1. The lowest BCUT2D eigenvalue weighted by atomic mass is 10.2. The van der Waals surface area contributed by atoms with Crippen molar-refractivity contribution in [1.82, 2.24) is 0 Å². The number of hydrogen-bond acceptors (Lipinski definition) is 2. The van der Waals surface area contributed by atoms with Gasteiger partial charge in [0.1, 0.15) is 0 Å². The Morgan fingerprint density at radius 2 is 1.25 bits per heavy atom. The molecule has 0 aliphatic rings. The minimum absolute atomic E-state index is 0.616. The lowest BCUT2D eigenvalue weighted by Gasteiger charge is -2.08. The maximum absolute atomic E-state index is 12.4. The zero-order valence-electron chi connectivity index (χ0n) is 9.86. The van der Waals surface area contributed by atoms with Crippen molar-refractivity contribution < 1.29 is 13.2 Å². The highest BCUT2D eigenvalue weighted by Gasteiger charge is 2.29. The Balaban J connectivity index is 2.10. The molecule has 2 rings (SSSR count). The van der Waals surface area contributed by atoms with Crippen LogP contribution in [0.3, 0.4) is 0 Å². The van der Waals surface area contributed by atoms with Crippen LogP contribution in [0.4, 0.5) is 18.9 Å². The van der Waals surface area contributed by atoms with Crippen molar-refractivity contribution in [2.75, 3.05) is 3.94 Å². The van der Waals surface area contributed by atoms with E-state index < -0.39 is 11.7 Å². The second-order valence-electron chi connectivity index (χ2n) is 3.85. The predicted octanol–water partition coefficient (Wildman–Crippen LogP) is 5.97. The summed E-state index contributed by atoms with van der Waals surface area (Å²) in [7, 11) is 0. The number of rotatable bonds is 3. The summed E-state index contributed by atoms with van der Waals surface area (Å²) in [6.45, 7) is 0. The first-order valence-electron chi connectivity index (χ1n) is 5.43. The number of halogens is 5. The van der Waals surface area contributed by atoms with E-state index in [9.17, 15) is 13.2 Å². The van der Waals surface area contributed by atoms with E-state index >= 15 is 0 Å². The third-order valence-corrected chi connectivity index (χ3v) is 3.86. The van der Waals surface area contributed by atoms with Crippen LogP contribution in [-0.4, -0.2) is 0 Å². The monoisotopic (exact) mass is 337 g/mol. The molecule has 0 heterocycles. The molecule has 0 bridgehead atoms. The summed E-state index contributed by atoms with van der Waals surface area (Å²) >= 11 is 12.5. The van der Waals surface area contributed by atoms with Crippen LogP contribution in [0, 0.1) is 0 Å². The Morgan fingerprint density at radius 3 is 1.65 bits per heavy atom. The smallest absolute Gasteiger partial charge is 0.194 e. The van der Waals surface area contributed by atoms with Gasteiger partial charge in [-0.05, 0) is 48.5 Å². The molecule has 1 nitrogen and oxygen atoms in total. The molecule has 2 aromatic rings. The number of hydrogen-bond donors (Lipinski definition) is 0. The van der Waals surface area contributed by atoms with E-state index in [1.54, 1.807) is 24.3 Å². The van der Waals surface area contributed by atoms with Crippen LogP contribution in [0.5, 0.6) is 0 Å². The standard InChI is InChI=1S/C13H8Cl2F3NS/c14-19(15)10-3-7-12(8-4-10)20-11-5-1-9(2-6-11)13(16,17)18/h1-8H. The van der Waals surface area contributed by atoms with Gasteiger partial charge in [0.05, 0.1) is 11.3 Å². The summed E-state index contributed by atoms with van der Waals surface area (Å²) in [6.07, 6.45) is -4.31. The summed E-state index contributed by atoms with van der Waals surface area (Å²) in [5, 5.41) is 0. The van der Waals surface area contributed by atoms with Crippen molar-refractivity contribution in [2.24, 2.45) is 0 Å². The minimum Gasteiger partial charge on any atom is -0.194 e. The van der Waals surface area contributed by atoms with E-state index in [1.165, 1.54) is 23.9 Å². The number of alkyl halides is 3. The summed E-state index contributed by atoms with van der Waals surface area (Å²) in [4.78, 5) is 1.60. The minimum atomic E-state index is -4.31. The van der Waals surface area contributed by atoms with Gasteiger partial charge in [0.25, 0.3) is 0 Å². The second-order valence-corrected chi connectivity index (χ2v) is 5.85. The van der Waals surface area contributed by atoms with Crippen molar-refractivity contribution >= 4 is 41.0 Å². The topological polar surface area (TPSA) is 3.24 Å². The Bertz CT molecular complexity index is 568. The molecule has 2 aromatic carbocycles. The van der Waals surface area contributed by atoms with E-state index in [-0.39, 0.29) is 0 Å². The van der Waals surface area contributed by atoms with E-state index in [4.69, 9.17) is 23.6 Å². The van der Waals surface area contributed by atoms with Gasteiger partial charge in [-0.3, -0.25) is 0 Å². The van der Waals surface area contributed by atoms with Crippen molar-refractivity contribution in [3.05, 3.63) is 54.1 Å². The van der Waals surface area contributed by atoms with Crippen molar-refractivity contribution in [3.63, 3.8) is 0 Å². The van der Waals surface area contributed by atoms with Gasteiger partial charge in [-0.25, -0.2) is 0 Å². The highest BCUT2D eigenvalue weighted by molar-refractivity contribution is 7.99. The lowest BCUT2D eigenvalue weighted by molar-refractivity contribution is -0.137. The molecule has 0 radical (unpaired) electrons. The molecule has 0 aliphatic carbocycles. The Kier molecular flexibility index (Phi) is 4.73. The first kappa shape index (κ1) is 15.4. The molecule has 0 unspecified atom stereocenters. The maximum atomic E-state index is 12.4. The largest absolute Gasteiger partial charge is 0.416 e. The molecule has 0 saturated carbocycles. The molecular formula is C13H8Cl2F3NS. The van der Waals surface area contributed by atoms with Gasteiger partial charge in [0.2, 0.25) is 0 Å². The molecule has 0 amide bonds. The van der Waals surface area contributed by atoms with Crippen LogP contribution < -0.4 is 3.94 Å². The van der Waals surface area contributed by atoms with Crippen molar-refractivity contribution in [2.45, 2.75) is 16.0 Å². The molecule has 20 heavy (non-hydrogen) atoms. The van der Waals surface area contributed by atoms with Gasteiger partial charge in [-0.1, -0.05) is 11.8 Å². The first-order chi connectivity index (χ1) is 9.36. The molecule has 0 N–H and O–H groups in total. The van der Waals surface area contributed by atoms with Gasteiger partial charge >= 0.3 is 6.18 Å². The molecule has 7 heteroatoms. The average molecular weight is 338 g/mol. The Hall–Kier alpha value is -1.04. The van der Waals surface area contributed by atoms with E-state index in [0.29, 0.717) is 5.69 Å². The van der Waals surface area contributed by atoms with Crippen LogP contribution >= 0.6 is 35.3 Å². The zero-order chi connectivity index (χ0) is 14.8. The highest BCUT2D eigenvalue weighted by atomic mass is 35.5. The number of anilines is 1. The molecule has 0 fully saturated rings. The molecule has 0 aliphatic heterocycles. The van der Waals surface area contributed by atoms with Crippen LogP contribution in [-0.2, 0) is 6.18 Å². The third kappa shape index (κ3) is 3.98. The van der Waals surface area contributed by atoms with Crippen LogP contribution in [0.1, 0.15) is 5.56 Å². The maximum Gasteiger partial charge on any atom is 0.416 e. The van der Waals surface area contributed by atoms with Gasteiger partial charge < -0.3 is 0 Å². The van der Waals surface area contributed by atoms with Crippen LogP contribution in [0.25, 0.3) is 0 Å². The molecule has 0 atom stereocenters. The van der Waals surface area contributed by atoms with Crippen LogP contribution in [0.2, 0.25) is 0 Å². The third-order valence-electron chi connectivity index (χ3n) is 2.45. The van der Waals surface area contributed by atoms with Gasteiger partial charge in [0, 0.05) is 33.3 Å². The second kappa shape index (κ2) is 6.16. The van der Waals surface area contributed by atoms with E-state index in [1.807, 2.05) is 0 Å². The first-order valence-corrected chi connectivity index (χ1v) is 6.92. The Morgan fingerprint density at radius 1 is 0.800 bits per heavy atom. The van der Waals surface area contributed by atoms with E-state index in [2.05, 4.69) is 0 Å². The summed E-state index contributed by atoms with van der Waals surface area (Å²) in [6, 6.07) is 12.0. The van der Waals surface area contributed by atoms with E-state index in [0.717, 1.165) is 25.9 Å². The fraction of sp³-hybridized carbons (Fsp3) is 0.0769. The quantitative estimate of drug-likeness (QED) is 0.634. The van der Waals surface area contributed by atoms with Gasteiger partial charge in [-0.2, -0.15) is 17.1 Å². The van der Waals surface area contributed by atoms with Crippen molar-refractivity contribution in [3.8, 4) is 0 Å². The summed E-state index contributed by atoms with van der Waals surface area (Å²) in [5.41, 5.74) is -0.0396. The molecule has 106 valence electrons. The molecule has 0 saturated heterocycles. The summed E-state index contributed by atoms with van der Waals surface area (Å²) < 4.78 is 38.2. The zero-order valence-corrected chi connectivity index (χ0v) is 12.2. The molecule has 0 spiro atoms.